The summed E-state index contributed by atoms with van der Waals surface area (Å²) in [5.74, 6) is -0.278. The van der Waals surface area contributed by atoms with Crippen LogP contribution in [0.3, 0.4) is 0 Å². The van der Waals surface area contributed by atoms with E-state index in [1.165, 1.54) is 6.42 Å². The summed E-state index contributed by atoms with van der Waals surface area (Å²) in [5.41, 5.74) is 0.915. The summed E-state index contributed by atoms with van der Waals surface area (Å²) in [6, 6.07) is 9.68. The molecule has 0 bridgehead atoms. The molecule has 0 radical (unpaired) electrons. The number of esters is 1. The standard InChI is InChI=1S/C16H18O3/c1-12-18-15(17)16(19-12,13-8-4-2-5-9-13)14-10-6-3-7-11-14/h2,4-5,8-10,12H,3,6-7,11H2,1H3/t12?,16-/m1/s1. The van der Waals surface area contributed by atoms with E-state index in [2.05, 4.69) is 6.08 Å². The first kappa shape index (κ1) is 12.4. The maximum absolute atomic E-state index is 12.4. The van der Waals surface area contributed by atoms with Gasteiger partial charge in [0.2, 0.25) is 11.9 Å². The number of carbonyl (C=O) groups excluding carboxylic acids is 1. The number of hydrogen-bond acceptors (Lipinski definition) is 3. The van der Waals surface area contributed by atoms with Gasteiger partial charge in [0.25, 0.3) is 0 Å². The predicted octanol–water partition coefficient (Wildman–Crippen LogP) is 3.30. The van der Waals surface area contributed by atoms with E-state index in [1.807, 2.05) is 30.3 Å². The molecule has 100 valence electrons. The second-order valence-corrected chi connectivity index (χ2v) is 5.11. The van der Waals surface area contributed by atoms with Crippen LogP contribution in [0.25, 0.3) is 0 Å². The van der Waals surface area contributed by atoms with Gasteiger partial charge in [-0.15, -0.1) is 0 Å². The molecule has 0 N–H and O–H groups in total. The number of benzene rings is 1. The Hall–Kier alpha value is -1.61. The third-order valence-electron chi connectivity index (χ3n) is 3.83. The average molecular weight is 258 g/mol. The summed E-state index contributed by atoms with van der Waals surface area (Å²) in [7, 11) is 0. The molecule has 1 aliphatic heterocycles. The van der Waals surface area contributed by atoms with E-state index in [4.69, 9.17) is 9.47 Å². The highest BCUT2D eigenvalue weighted by Crippen LogP contribution is 2.44. The van der Waals surface area contributed by atoms with Crippen LogP contribution >= 0.6 is 0 Å². The van der Waals surface area contributed by atoms with Crippen LogP contribution in [0, 0.1) is 0 Å². The topological polar surface area (TPSA) is 35.5 Å². The van der Waals surface area contributed by atoms with E-state index in [-0.39, 0.29) is 5.97 Å². The lowest BCUT2D eigenvalue weighted by molar-refractivity contribution is -0.144. The fraction of sp³-hybridized carbons (Fsp3) is 0.438. The second kappa shape index (κ2) is 4.82. The van der Waals surface area contributed by atoms with Crippen molar-refractivity contribution in [2.75, 3.05) is 0 Å². The zero-order valence-corrected chi connectivity index (χ0v) is 11.1. The summed E-state index contributed by atoms with van der Waals surface area (Å²) in [5, 5.41) is 0. The molecule has 2 atom stereocenters. The molecule has 1 saturated heterocycles. The summed E-state index contributed by atoms with van der Waals surface area (Å²) >= 11 is 0. The van der Waals surface area contributed by atoms with Gasteiger partial charge in [0.15, 0.2) is 0 Å². The van der Waals surface area contributed by atoms with Gasteiger partial charge < -0.3 is 9.47 Å². The molecule has 0 aromatic heterocycles. The third kappa shape index (κ3) is 1.98. The second-order valence-electron chi connectivity index (χ2n) is 5.11. The molecule has 1 unspecified atom stereocenters. The quantitative estimate of drug-likeness (QED) is 0.603. The number of allylic oxidation sites excluding steroid dienone is 1. The minimum atomic E-state index is -1.01. The monoisotopic (exact) mass is 258 g/mol. The van der Waals surface area contributed by atoms with Crippen LogP contribution in [0.15, 0.2) is 42.0 Å². The Bertz CT molecular complexity index is 506. The van der Waals surface area contributed by atoms with E-state index >= 15 is 0 Å². The Labute approximate surface area is 113 Å². The molecule has 3 nitrogen and oxygen atoms in total. The van der Waals surface area contributed by atoms with Crippen LogP contribution in [-0.2, 0) is 19.9 Å². The van der Waals surface area contributed by atoms with Gasteiger partial charge in [-0.3, -0.25) is 0 Å². The van der Waals surface area contributed by atoms with Crippen molar-refractivity contribution in [1.82, 2.24) is 0 Å². The third-order valence-corrected chi connectivity index (χ3v) is 3.83. The minimum Gasteiger partial charge on any atom is -0.433 e. The Balaban J connectivity index is 2.11. The molecule has 0 saturated carbocycles. The van der Waals surface area contributed by atoms with Crippen molar-refractivity contribution in [1.29, 1.82) is 0 Å². The van der Waals surface area contributed by atoms with Gasteiger partial charge in [0.05, 0.1) is 0 Å². The highest BCUT2D eigenvalue weighted by atomic mass is 16.8. The number of ether oxygens (including phenoxy) is 2. The lowest BCUT2D eigenvalue weighted by Crippen LogP contribution is -2.36. The highest BCUT2D eigenvalue weighted by Gasteiger charge is 2.53. The SMILES string of the molecule is CC1OC(=O)[C@](C2=CCCCC2)(c2ccccc2)O1. The summed E-state index contributed by atoms with van der Waals surface area (Å²) in [6.45, 7) is 1.77. The molecule has 19 heavy (non-hydrogen) atoms. The van der Waals surface area contributed by atoms with Crippen molar-refractivity contribution in [2.45, 2.75) is 44.5 Å². The molecule has 1 aromatic carbocycles. The van der Waals surface area contributed by atoms with Gasteiger partial charge in [0, 0.05) is 0 Å². The van der Waals surface area contributed by atoms with Crippen molar-refractivity contribution in [3.05, 3.63) is 47.5 Å². The Morgan fingerprint density at radius 2 is 2.00 bits per heavy atom. The average Bonchev–Trinajstić information content (AvgIpc) is 2.76. The van der Waals surface area contributed by atoms with Crippen molar-refractivity contribution in [2.24, 2.45) is 0 Å². The lowest BCUT2D eigenvalue weighted by atomic mass is 9.80. The molecule has 1 aliphatic carbocycles. The van der Waals surface area contributed by atoms with Crippen LogP contribution in [0.4, 0.5) is 0 Å². The van der Waals surface area contributed by atoms with Crippen molar-refractivity contribution in [3.63, 3.8) is 0 Å². The summed E-state index contributed by atoms with van der Waals surface area (Å²) in [6.07, 6.45) is 5.85. The molecule has 1 heterocycles. The number of rotatable bonds is 2. The molecule has 1 fully saturated rings. The van der Waals surface area contributed by atoms with Crippen molar-refractivity contribution in [3.8, 4) is 0 Å². The molecular weight excluding hydrogens is 240 g/mol. The first-order valence-electron chi connectivity index (χ1n) is 6.87. The van der Waals surface area contributed by atoms with Gasteiger partial charge >= 0.3 is 5.97 Å². The molecular formula is C16H18O3. The van der Waals surface area contributed by atoms with Gasteiger partial charge in [-0.1, -0.05) is 36.4 Å². The summed E-state index contributed by atoms with van der Waals surface area (Å²) < 4.78 is 11.2. The zero-order chi connectivity index (χ0) is 13.3. The van der Waals surface area contributed by atoms with Crippen molar-refractivity contribution >= 4 is 5.97 Å². The zero-order valence-electron chi connectivity index (χ0n) is 11.1. The van der Waals surface area contributed by atoms with E-state index in [0.717, 1.165) is 30.4 Å². The van der Waals surface area contributed by atoms with Gasteiger partial charge in [-0.05, 0) is 43.7 Å². The lowest BCUT2D eigenvalue weighted by Gasteiger charge is -2.29. The number of hydrogen-bond donors (Lipinski definition) is 0. The molecule has 3 heteroatoms. The van der Waals surface area contributed by atoms with Crippen LogP contribution in [0.1, 0.15) is 38.2 Å². The molecule has 3 rings (SSSR count). The Kier molecular flexibility index (Phi) is 3.15. The molecule has 2 aliphatic rings. The van der Waals surface area contributed by atoms with E-state index in [0.29, 0.717) is 0 Å². The first-order chi connectivity index (χ1) is 9.23. The minimum absolute atomic E-state index is 0.278. The molecule has 1 aromatic rings. The maximum Gasteiger partial charge on any atom is 0.349 e. The number of cyclic esters (lactones) is 1. The maximum atomic E-state index is 12.4. The highest BCUT2D eigenvalue weighted by molar-refractivity contribution is 5.87. The smallest absolute Gasteiger partial charge is 0.349 e. The predicted molar refractivity (Wildman–Crippen MR) is 71.3 cm³/mol. The van der Waals surface area contributed by atoms with Crippen LogP contribution in [0.5, 0.6) is 0 Å². The van der Waals surface area contributed by atoms with E-state index in [1.54, 1.807) is 6.92 Å². The largest absolute Gasteiger partial charge is 0.433 e. The Morgan fingerprint density at radius 1 is 1.21 bits per heavy atom. The van der Waals surface area contributed by atoms with Crippen molar-refractivity contribution < 1.29 is 14.3 Å². The first-order valence-corrected chi connectivity index (χ1v) is 6.87. The summed E-state index contributed by atoms with van der Waals surface area (Å²) in [4.78, 5) is 12.4. The van der Waals surface area contributed by atoms with Gasteiger partial charge in [-0.25, -0.2) is 4.79 Å². The van der Waals surface area contributed by atoms with Crippen LogP contribution in [0.2, 0.25) is 0 Å². The van der Waals surface area contributed by atoms with Gasteiger partial charge in [0.1, 0.15) is 0 Å². The van der Waals surface area contributed by atoms with E-state index < -0.39 is 11.9 Å². The fourth-order valence-electron chi connectivity index (χ4n) is 2.96. The van der Waals surface area contributed by atoms with Crippen LogP contribution in [-0.4, -0.2) is 12.3 Å². The van der Waals surface area contributed by atoms with Crippen LogP contribution < -0.4 is 0 Å². The number of carbonyl (C=O) groups is 1. The molecule has 0 amide bonds. The van der Waals surface area contributed by atoms with E-state index in [9.17, 15) is 4.79 Å². The Morgan fingerprint density at radius 3 is 2.58 bits per heavy atom. The normalized spacial score (nSPS) is 30.9. The molecule has 0 spiro atoms. The van der Waals surface area contributed by atoms with Gasteiger partial charge in [-0.2, -0.15) is 0 Å². The fourth-order valence-corrected chi connectivity index (χ4v) is 2.96.